The summed E-state index contributed by atoms with van der Waals surface area (Å²) < 4.78 is 1.82. The van der Waals surface area contributed by atoms with Crippen LogP contribution in [0.5, 0.6) is 0 Å². The normalized spacial score (nSPS) is 11.8. The number of rotatable bonds is 4. The highest BCUT2D eigenvalue weighted by Crippen LogP contribution is 2.13. The van der Waals surface area contributed by atoms with Gasteiger partial charge in [-0.15, -0.1) is 24.0 Å². The molecule has 24 heavy (non-hydrogen) atoms. The van der Waals surface area contributed by atoms with Crippen LogP contribution < -0.4 is 10.6 Å². The molecule has 2 rings (SSSR count). The van der Waals surface area contributed by atoms with Gasteiger partial charge in [-0.3, -0.25) is 0 Å². The fourth-order valence-corrected chi connectivity index (χ4v) is 2.14. The van der Waals surface area contributed by atoms with Gasteiger partial charge < -0.3 is 10.6 Å². The Morgan fingerprint density at radius 1 is 1.25 bits per heavy atom. The molecule has 0 saturated carbocycles. The van der Waals surface area contributed by atoms with Gasteiger partial charge in [0.05, 0.1) is 18.4 Å². The maximum absolute atomic E-state index is 5.91. The zero-order valence-corrected chi connectivity index (χ0v) is 17.6. The first-order valence-electron chi connectivity index (χ1n) is 7.73. The second-order valence-electron chi connectivity index (χ2n) is 6.34. The van der Waals surface area contributed by atoms with Gasteiger partial charge in [-0.1, -0.05) is 11.6 Å². The van der Waals surface area contributed by atoms with Crippen molar-refractivity contribution in [2.24, 2.45) is 4.99 Å². The van der Waals surface area contributed by atoms with E-state index >= 15 is 0 Å². The topological polar surface area (TPSA) is 54.2 Å². The van der Waals surface area contributed by atoms with Gasteiger partial charge in [-0.2, -0.15) is 5.10 Å². The summed E-state index contributed by atoms with van der Waals surface area (Å²) >= 11 is 5.91. The van der Waals surface area contributed by atoms with E-state index in [4.69, 9.17) is 11.6 Å². The monoisotopic (exact) mass is 461 g/mol. The zero-order valence-electron chi connectivity index (χ0n) is 14.5. The number of hydrogen-bond donors (Lipinski definition) is 2. The van der Waals surface area contributed by atoms with Gasteiger partial charge in [0.2, 0.25) is 0 Å². The minimum Gasteiger partial charge on any atom is -0.357 e. The van der Waals surface area contributed by atoms with Crippen LogP contribution in [0, 0.1) is 0 Å². The number of halogens is 2. The average Bonchev–Trinajstić information content (AvgIpc) is 2.93. The molecule has 2 aromatic rings. The number of nitrogens with one attached hydrogen (secondary N) is 2. The van der Waals surface area contributed by atoms with Crippen molar-refractivity contribution in [1.29, 1.82) is 0 Å². The first-order chi connectivity index (χ1) is 10.9. The quantitative estimate of drug-likeness (QED) is 0.411. The Labute approximate surface area is 165 Å². The molecule has 0 amide bonds. The van der Waals surface area contributed by atoms with Crippen molar-refractivity contribution in [3.05, 3.63) is 47.2 Å². The lowest BCUT2D eigenvalue weighted by Crippen LogP contribution is -2.47. The second kappa shape index (κ2) is 9.27. The van der Waals surface area contributed by atoms with Gasteiger partial charge in [0.25, 0.3) is 0 Å². The molecule has 5 nitrogen and oxygen atoms in total. The minimum atomic E-state index is -0.0332. The van der Waals surface area contributed by atoms with E-state index in [0.717, 1.165) is 23.8 Å². The summed E-state index contributed by atoms with van der Waals surface area (Å²) in [5, 5.41) is 11.7. The van der Waals surface area contributed by atoms with E-state index in [-0.39, 0.29) is 29.5 Å². The van der Waals surface area contributed by atoms with Gasteiger partial charge >= 0.3 is 0 Å². The van der Waals surface area contributed by atoms with Crippen molar-refractivity contribution >= 4 is 41.5 Å². The summed E-state index contributed by atoms with van der Waals surface area (Å²) in [7, 11) is 0. The molecule has 0 radical (unpaired) electrons. The molecule has 132 valence electrons. The molecule has 0 aliphatic rings. The molecule has 0 unspecified atom stereocenters. The highest BCUT2D eigenvalue weighted by molar-refractivity contribution is 14.0. The number of guanidine groups is 1. The lowest BCUT2D eigenvalue weighted by Gasteiger charge is -2.23. The highest BCUT2D eigenvalue weighted by Gasteiger charge is 2.11. The Morgan fingerprint density at radius 3 is 2.50 bits per heavy atom. The average molecular weight is 462 g/mol. The smallest absolute Gasteiger partial charge is 0.191 e. The van der Waals surface area contributed by atoms with Crippen molar-refractivity contribution in [3.63, 3.8) is 0 Å². The van der Waals surface area contributed by atoms with E-state index < -0.39 is 0 Å². The van der Waals surface area contributed by atoms with E-state index in [1.807, 2.05) is 41.3 Å². The largest absolute Gasteiger partial charge is 0.357 e. The van der Waals surface area contributed by atoms with Gasteiger partial charge in [-0.05, 0) is 52.0 Å². The number of aliphatic imine (C=N–C) groups is 1. The molecule has 1 aromatic heterocycles. The van der Waals surface area contributed by atoms with E-state index in [2.05, 4.69) is 48.4 Å². The van der Waals surface area contributed by atoms with Crippen LogP contribution in [0.2, 0.25) is 5.02 Å². The Morgan fingerprint density at radius 2 is 1.92 bits per heavy atom. The second-order valence-corrected chi connectivity index (χ2v) is 6.78. The zero-order chi connectivity index (χ0) is 16.9. The number of hydrogen-bond acceptors (Lipinski definition) is 2. The third-order valence-electron chi connectivity index (χ3n) is 2.98. The van der Waals surface area contributed by atoms with Crippen molar-refractivity contribution < 1.29 is 0 Å². The van der Waals surface area contributed by atoms with Crippen molar-refractivity contribution in [3.8, 4) is 5.69 Å². The summed E-state index contributed by atoms with van der Waals surface area (Å²) in [5.41, 5.74) is 1.99. The molecule has 0 aliphatic heterocycles. The lowest BCUT2D eigenvalue weighted by molar-refractivity contribution is 0.501. The van der Waals surface area contributed by atoms with Gasteiger partial charge in [0.15, 0.2) is 5.96 Å². The summed E-state index contributed by atoms with van der Waals surface area (Å²) in [5.74, 6) is 0.805. The third kappa shape index (κ3) is 6.68. The Kier molecular flexibility index (Phi) is 8.02. The molecular weight excluding hydrogens is 437 g/mol. The molecule has 0 fully saturated rings. The molecule has 0 atom stereocenters. The fraction of sp³-hybridized carbons (Fsp3) is 0.412. The minimum absolute atomic E-state index is 0. The molecule has 0 spiro atoms. The highest BCUT2D eigenvalue weighted by atomic mass is 127. The molecule has 0 bridgehead atoms. The third-order valence-corrected chi connectivity index (χ3v) is 3.24. The van der Waals surface area contributed by atoms with Crippen molar-refractivity contribution in [1.82, 2.24) is 20.4 Å². The SMILES string of the molecule is CCNC(=NCc1cnn(-c2ccc(Cl)cc2)c1)NC(C)(C)C.I. The van der Waals surface area contributed by atoms with Crippen LogP contribution in [-0.4, -0.2) is 27.8 Å². The van der Waals surface area contributed by atoms with Crippen LogP contribution in [0.4, 0.5) is 0 Å². The van der Waals surface area contributed by atoms with Crippen molar-refractivity contribution in [2.45, 2.75) is 39.8 Å². The molecule has 0 saturated heterocycles. The predicted octanol–water partition coefficient (Wildman–Crippen LogP) is 4.00. The summed E-state index contributed by atoms with van der Waals surface area (Å²) in [6, 6.07) is 7.58. The van der Waals surface area contributed by atoms with E-state index in [9.17, 15) is 0 Å². The summed E-state index contributed by atoms with van der Waals surface area (Å²) in [4.78, 5) is 4.61. The standard InChI is InChI=1S/C17H24ClN5.HI/c1-5-19-16(22-17(2,3)4)20-10-13-11-21-23(12-13)15-8-6-14(18)7-9-15;/h6-9,11-12H,5,10H2,1-4H3,(H2,19,20,22);1H. The molecule has 7 heteroatoms. The molecule has 1 heterocycles. The number of nitrogens with zero attached hydrogens (tertiary/aromatic N) is 3. The molecule has 0 aliphatic carbocycles. The van der Waals surface area contributed by atoms with E-state index in [1.165, 1.54) is 0 Å². The fourth-order valence-electron chi connectivity index (χ4n) is 2.01. The van der Waals surface area contributed by atoms with Crippen LogP contribution in [0.15, 0.2) is 41.7 Å². The Hall–Kier alpha value is -1.28. The van der Waals surface area contributed by atoms with Crippen LogP contribution in [0.1, 0.15) is 33.3 Å². The van der Waals surface area contributed by atoms with Gasteiger partial charge in [-0.25, -0.2) is 9.67 Å². The predicted molar refractivity (Wildman–Crippen MR) is 112 cm³/mol. The van der Waals surface area contributed by atoms with E-state index in [1.54, 1.807) is 0 Å². The molecular formula is C17H25ClIN5. The maximum Gasteiger partial charge on any atom is 0.191 e. The first-order valence-corrected chi connectivity index (χ1v) is 8.11. The number of benzene rings is 1. The van der Waals surface area contributed by atoms with Crippen molar-refractivity contribution in [2.75, 3.05) is 6.54 Å². The maximum atomic E-state index is 5.91. The summed E-state index contributed by atoms with van der Waals surface area (Å²) in [6.07, 6.45) is 3.81. The molecule has 2 N–H and O–H groups in total. The van der Waals surface area contributed by atoms with Crippen LogP contribution in [0.25, 0.3) is 5.69 Å². The summed E-state index contributed by atoms with van der Waals surface area (Å²) in [6.45, 7) is 9.78. The molecule has 1 aromatic carbocycles. The van der Waals surface area contributed by atoms with Crippen LogP contribution in [-0.2, 0) is 6.54 Å². The van der Waals surface area contributed by atoms with Crippen LogP contribution >= 0.6 is 35.6 Å². The Balaban J connectivity index is 0.00000288. The van der Waals surface area contributed by atoms with Crippen LogP contribution in [0.3, 0.4) is 0 Å². The van der Waals surface area contributed by atoms with E-state index in [0.29, 0.717) is 11.6 Å². The first kappa shape index (κ1) is 20.8. The van der Waals surface area contributed by atoms with Gasteiger partial charge in [0, 0.05) is 28.9 Å². The number of aromatic nitrogens is 2. The van der Waals surface area contributed by atoms with Gasteiger partial charge in [0.1, 0.15) is 0 Å². The lowest BCUT2D eigenvalue weighted by atomic mass is 10.1. The Bertz CT molecular complexity index is 658.